The smallest absolute Gasteiger partial charge is 0.166 e. The van der Waals surface area contributed by atoms with Gasteiger partial charge < -0.3 is 9.47 Å². The summed E-state index contributed by atoms with van der Waals surface area (Å²) in [6.07, 6.45) is 0.998. The maximum Gasteiger partial charge on any atom is 0.166 e. The van der Waals surface area contributed by atoms with Crippen LogP contribution in [0.2, 0.25) is 0 Å². The molecule has 2 unspecified atom stereocenters. The Hall–Kier alpha value is -1.51. The van der Waals surface area contributed by atoms with Crippen molar-refractivity contribution in [3.05, 3.63) is 23.8 Å². The second kappa shape index (κ2) is 4.16. The fraction of sp³-hybridized carbons (Fsp3) is 0.462. The third kappa shape index (κ3) is 2.03. The van der Waals surface area contributed by atoms with Crippen molar-refractivity contribution in [1.82, 2.24) is 0 Å². The maximum atomic E-state index is 12.0. The molecule has 1 aliphatic carbocycles. The van der Waals surface area contributed by atoms with E-state index in [4.69, 9.17) is 9.47 Å². The highest BCUT2D eigenvalue weighted by Gasteiger charge is 2.39. The van der Waals surface area contributed by atoms with Crippen molar-refractivity contribution in [3.63, 3.8) is 0 Å². The van der Waals surface area contributed by atoms with Gasteiger partial charge in [0.1, 0.15) is 11.5 Å². The zero-order valence-corrected chi connectivity index (χ0v) is 9.82. The fourth-order valence-corrected chi connectivity index (χ4v) is 1.85. The molecule has 1 aromatic rings. The molecule has 0 spiro atoms. The van der Waals surface area contributed by atoms with Crippen LogP contribution in [0.15, 0.2) is 18.2 Å². The van der Waals surface area contributed by atoms with Gasteiger partial charge in [-0.2, -0.15) is 0 Å². The van der Waals surface area contributed by atoms with Crippen LogP contribution < -0.4 is 9.47 Å². The molecule has 0 heterocycles. The molecule has 1 saturated carbocycles. The van der Waals surface area contributed by atoms with E-state index >= 15 is 0 Å². The molecule has 2 rings (SSSR count). The summed E-state index contributed by atoms with van der Waals surface area (Å²) in [5.74, 6) is 2.23. The zero-order chi connectivity index (χ0) is 11.7. The first-order valence-corrected chi connectivity index (χ1v) is 5.43. The Kier molecular flexibility index (Phi) is 2.86. The molecule has 0 saturated heterocycles. The monoisotopic (exact) mass is 220 g/mol. The second-order valence-corrected chi connectivity index (χ2v) is 4.29. The third-order valence-electron chi connectivity index (χ3n) is 3.08. The predicted octanol–water partition coefficient (Wildman–Crippen LogP) is 2.54. The van der Waals surface area contributed by atoms with Crippen LogP contribution in [0.5, 0.6) is 11.5 Å². The minimum atomic E-state index is 0.191. The van der Waals surface area contributed by atoms with Gasteiger partial charge in [-0.3, -0.25) is 4.79 Å². The zero-order valence-electron chi connectivity index (χ0n) is 9.82. The van der Waals surface area contributed by atoms with Crippen LogP contribution in [-0.4, -0.2) is 20.0 Å². The summed E-state index contributed by atoms with van der Waals surface area (Å²) in [6, 6.07) is 5.32. The van der Waals surface area contributed by atoms with Gasteiger partial charge in [-0.1, -0.05) is 6.92 Å². The predicted molar refractivity (Wildman–Crippen MR) is 61.1 cm³/mol. The van der Waals surface area contributed by atoms with E-state index in [9.17, 15) is 4.79 Å². The maximum absolute atomic E-state index is 12.0. The lowest BCUT2D eigenvalue weighted by atomic mass is 10.1. The summed E-state index contributed by atoms with van der Waals surface area (Å²) in [4.78, 5) is 12.0. The molecule has 0 bridgehead atoms. The molecule has 2 atom stereocenters. The van der Waals surface area contributed by atoms with Crippen LogP contribution in [-0.2, 0) is 0 Å². The van der Waals surface area contributed by atoms with Crippen molar-refractivity contribution in [2.24, 2.45) is 11.8 Å². The quantitative estimate of drug-likeness (QED) is 0.731. The van der Waals surface area contributed by atoms with Gasteiger partial charge in [-0.25, -0.2) is 0 Å². The molecule has 1 aliphatic rings. The normalized spacial score (nSPS) is 22.7. The Balaban J connectivity index is 2.28. The highest BCUT2D eigenvalue weighted by Crippen LogP contribution is 2.41. The van der Waals surface area contributed by atoms with Gasteiger partial charge in [0.15, 0.2) is 5.78 Å². The van der Waals surface area contributed by atoms with Gasteiger partial charge in [0.25, 0.3) is 0 Å². The van der Waals surface area contributed by atoms with Crippen molar-refractivity contribution in [3.8, 4) is 11.5 Å². The summed E-state index contributed by atoms with van der Waals surface area (Å²) >= 11 is 0. The Labute approximate surface area is 95.4 Å². The number of carbonyl (C=O) groups is 1. The van der Waals surface area contributed by atoms with Crippen molar-refractivity contribution < 1.29 is 14.3 Å². The lowest BCUT2D eigenvalue weighted by Crippen LogP contribution is -2.03. The Morgan fingerprint density at radius 3 is 2.06 bits per heavy atom. The standard InChI is InChI=1S/C13H16O3/c1-8-4-12(8)13(14)9-5-10(15-2)7-11(6-9)16-3/h5-8,12H,4H2,1-3H3. The third-order valence-corrected chi connectivity index (χ3v) is 3.08. The number of benzene rings is 1. The number of methoxy groups -OCH3 is 2. The minimum Gasteiger partial charge on any atom is -0.497 e. The molecule has 1 fully saturated rings. The average Bonchev–Trinajstić information content (AvgIpc) is 3.04. The molecular weight excluding hydrogens is 204 g/mol. The van der Waals surface area contributed by atoms with Gasteiger partial charge in [0, 0.05) is 17.5 Å². The molecule has 1 aromatic carbocycles. The summed E-state index contributed by atoms with van der Waals surface area (Å²) < 4.78 is 10.3. The minimum absolute atomic E-state index is 0.191. The number of hydrogen-bond donors (Lipinski definition) is 0. The van der Waals surface area contributed by atoms with E-state index in [1.165, 1.54) is 0 Å². The highest BCUT2D eigenvalue weighted by atomic mass is 16.5. The van der Waals surface area contributed by atoms with E-state index in [0.717, 1.165) is 6.42 Å². The number of hydrogen-bond acceptors (Lipinski definition) is 3. The van der Waals surface area contributed by atoms with Crippen LogP contribution in [0.25, 0.3) is 0 Å². The van der Waals surface area contributed by atoms with Crippen LogP contribution in [0, 0.1) is 11.8 Å². The van der Waals surface area contributed by atoms with Crippen molar-refractivity contribution >= 4 is 5.78 Å². The lowest BCUT2D eigenvalue weighted by Gasteiger charge is -2.07. The lowest BCUT2D eigenvalue weighted by molar-refractivity contribution is 0.0961. The summed E-state index contributed by atoms with van der Waals surface area (Å²) in [5.41, 5.74) is 0.686. The molecule has 3 nitrogen and oxygen atoms in total. The van der Waals surface area contributed by atoms with Crippen LogP contribution in [0.1, 0.15) is 23.7 Å². The number of ether oxygens (including phenoxy) is 2. The summed E-state index contributed by atoms with van der Waals surface area (Å²) in [6.45, 7) is 2.10. The Bertz CT molecular complexity index is 389. The van der Waals surface area contributed by atoms with Crippen molar-refractivity contribution in [1.29, 1.82) is 0 Å². The van der Waals surface area contributed by atoms with Gasteiger partial charge in [0.2, 0.25) is 0 Å². The first-order chi connectivity index (χ1) is 7.65. The van der Waals surface area contributed by atoms with Crippen LogP contribution in [0.4, 0.5) is 0 Å². The largest absolute Gasteiger partial charge is 0.497 e. The van der Waals surface area contributed by atoms with Crippen LogP contribution in [0.3, 0.4) is 0 Å². The molecular formula is C13H16O3. The van der Waals surface area contributed by atoms with E-state index in [1.807, 2.05) is 0 Å². The van der Waals surface area contributed by atoms with E-state index in [1.54, 1.807) is 32.4 Å². The molecule has 16 heavy (non-hydrogen) atoms. The fourth-order valence-electron chi connectivity index (χ4n) is 1.85. The number of ketones is 1. The highest BCUT2D eigenvalue weighted by molar-refractivity contribution is 6.00. The van der Waals surface area contributed by atoms with E-state index in [-0.39, 0.29) is 11.7 Å². The molecule has 3 heteroatoms. The van der Waals surface area contributed by atoms with Gasteiger partial charge in [-0.05, 0) is 24.5 Å². The number of carbonyl (C=O) groups excluding carboxylic acids is 1. The first-order valence-electron chi connectivity index (χ1n) is 5.43. The molecule has 86 valence electrons. The topological polar surface area (TPSA) is 35.5 Å². The number of rotatable bonds is 4. The molecule has 0 aromatic heterocycles. The summed E-state index contributed by atoms with van der Waals surface area (Å²) in [5, 5.41) is 0. The van der Waals surface area contributed by atoms with Gasteiger partial charge in [-0.15, -0.1) is 0 Å². The Morgan fingerprint density at radius 2 is 1.69 bits per heavy atom. The van der Waals surface area contributed by atoms with Crippen molar-refractivity contribution in [2.45, 2.75) is 13.3 Å². The average molecular weight is 220 g/mol. The first kappa shape index (κ1) is 11.0. The Morgan fingerprint density at radius 1 is 1.19 bits per heavy atom. The van der Waals surface area contributed by atoms with E-state index in [2.05, 4.69) is 6.92 Å². The molecule has 0 aliphatic heterocycles. The number of Topliss-reactive ketones (excluding diaryl/α,β-unsaturated/α-hetero) is 1. The van der Waals surface area contributed by atoms with Crippen LogP contribution >= 0.6 is 0 Å². The second-order valence-electron chi connectivity index (χ2n) is 4.29. The molecule has 0 N–H and O–H groups in total. The van der Waals surface area contributed by atoms with E-state index in [0.29, 0.717) is 23.0 Å². The van der Waals surface area contributed by atoms with Gasteiger partial charge in [0.05, 0.1) is 14.2 Å². The van der Waals surface area contributed by atoms with Crippen molar-refractivity contribution in [2.75, 3.05) is 14.2 Å². The SMILES string of the molecule is COc1cc(OC)cc(C(=O)C2CC2C)c1. The van der Waals surface area contributed by atoms with Gasteiger partial charge >= 0.3 is 0 Å². The summed E-state index contributed by atoms with van der Waals surface area (Å²) in [7, 11) is 3.17. The molecule has 0 radical (unpaired) electrons. The molecule has 0 amide bonds. The van der Waals surface area contributed by atoms with E-state index < -0.39 is 0 Å².